The van der Waals surface area contributed by atoms with Crippen molar-refractivity contribution in [1.82, 2.24) is 4.98 Å². The SMILES string of the molecule is COC(=O)CCc1csc(Nc2cc(Br)ccc2C)n1. The third kappa shape index (κ3) is 4.05. The molecular weight excluding hydrogens is 340 g/mol. The number of carbonyl (C=O) groups is 1. The lowest BCUT2D eigenvalue weighted by molar-refractivity contribution is -0.140. The highest BCUT2D eigenvalue weighted by Crippen LogP contribution is 2.26. The van der Waals surface area contributed by atoms with Crippen LogP contribution in [-0.4, -0.2) is 18.1 Å². The van der Waals surface area contributed by atoms with Crippen LogP contribution in [0.5, 0.6) is 0 Å². The molecule has 4 nitrogen and oxygen atoms in total. The van der Waals surface area contributed by atoms with Gasteiger partial charge in [-0.05, 0) is 24.6 Å². The summed E-state index contributed by atoms with van der Waals surface area (Å²) in [6.45, 7) is 2.04. The number of anilines is 2. The molecule has 20 heavy (non-hydrogen) atoms. The van der Waals surface area contributed by atoms with Crippen LogP contribution in [0.25, 0.3) is 0 Å². The molecule has 0 aliphatic carbocycles. The molecule has 1 aromatic heterocycles. The number of benzene rings is 1. The minimum absolute atomic E-state index is 0.213. The fourth-order valence-electron chi connectivity index (χ4n) is 1.66. The molecule has 0 saturated carbocycles. The number of aryl methyl sites for hydroxylation is 2. The minimum atomic E-state index is -0.213. The number of nitrogens with zero attached hydrogens (tertiary/aromatic N) is 1. The van der Waals surface area contributed by atoms with Crippen LogP contribution in [0.15, 0.2) is 28.1 Å². The highest BCUT2D eigenvalue weighted by molar-refractivity contribution is 9.10. The monoisotopic (exact) mass is 354 g/mol. The second-order valence-corrected chi connectivity index (χ2v) is 6.08. The summed E-state index contributed by atoms with van der Waals surface area (Å²) in [5, 5.41) is 6.08. The van der Waals surface area contributed by atoms with Gasteiger partial charge in [0.2, 0.25) is 0 Å². The van der Waals surface area contributed by atoms with Gasteiger partial charge in [0, 0.05) is 22.0 Å². The standard InChI is InChI=1S/C14H15BrN2O2S/c1-9-3-4-10(15)7-12(9)17-14-16-11(8-20-14)5-6-13(18)19-2/h3-4,7-8H,5-6H2,1-2H3,(H,16,17). The predicted octanol–water partition coefficient (Wildman–Crippen LogP) is 4.06. The smallest absolute Gasteiger partial charge is 0.305 e. The topological polar surface area (TPSA) is 51.2 Å². The van der Waals surface area contributed by atoms with Crippen LogP contribution < -0.4 is 5.32 Å². The summed E-state index contributed by atoms with van der Waals surface area (Å²) in [4.78, 5) is 15.6. The fraction of sp³-hybridized carbons (Fsp3) is 0.286. The fourth-order valence-corrected chi connectivity index (χ4v) is 2.77. The van der Waals surface area contributed by atoms with Crippen LogP contribution in [0.3, 0.4) is 0 Å². The first-order chi connectivity index (χ1) is 9.58. The van der Waals surface area contributed by atoms with E-state index in [1.165, 1.54) is 18.4 Å². The Kier molecular flexibility index (Phi) is 5.14. The first-order valence-electron chi connectivity index (χ1n) is 6.13. The van der Waals surface area contributed by atoms with Gasteiger partial charge in [-0.15, -0.1) is 11.3 Å². The highest BCUT2D eigenvalue weighted by Gasteiger charge is 2.07. The molecule has 0 amide bonds. The Bertz CT molecular complexity index is 613. The van der Waals surface area contributed by atoms with E-state index in [0.717, 1.165) is 26.5 Å². The maximum atomic E-state index is 11.1. The molecule has 0 atom stereocenters. The van der Waals surface area contributed by atoms with E-state index in [-0.39, 0.29) is 5.97 Å². The van der Waals surface area contributed by atoms with E-state index >= 15 is 0 Å². The molecule has 1 aromatic carbocycles. The molecule has 1 heterocycles. The minimum Gasteiger partial charge on any atom is -0.469 e. The maximum Gasteiger partial charge on any atom is 0.305 e. The van der Waals surface area contributed by atoms with Gasteiger partial charge in [0.15, 0.2) is 5.13 Å². The van der Waals surface area contributed by atoms with Gasteiger partial charge in [-0.1, -0.05) is 22.0 Å². The Morgan fingerprint density at radius 3 is 3.05 bits per heavy atom. The van der Waals surface area contributed by atoms with Crippen LogP contribution >= 0.6 is 27.3 Å². The van der Waals surface area contributed by atoms with Crippen molar-refractivity contribution in [3.63, 3.8) is 0 Å². The first-order valence-corrected chi connectivity index (χ1v) is 7.80. The van der Waals surface area contributed by atoms with Crippen molar-refractivity contribution >= 4 is 44.1 Å². The van der Waals surface area contributed by atoms with Crippen LogP contribution in [0.1, 0.15) is 17.7 Å². The van der Waals surface area contributed by atoms with Gasteiger partial charge in [0.1, 0.15) is 0 Å². The molecule has 0 radical (unpaired) electrons. The van der Waals surface area contributed by atoms with Gasteiger partial charge in [-0.2, -0.15) is 0 Å². The van der Waals surface area contributed by atoms with Crippen molar-refractivity contribution in [1.29, 1.82) is 0 Å². The van der Waals surface area contributed by atoms with Crippen molar-refractivity contribution in [2.75, 3.05) is 12.4 Å². The average Bonchev–Trinajstić information content (AvgIpc) is 2.88. The summed E-state index contributed by atoms with van der Waals surface area (Å²) in [7, 11) is 1.40. The Labute approximate surface area is 130 Å². The van der Waals surface area contributed by atoms with Gasteiger partial charge in [0.05, 0.1) is 19.2 Å². The van der Waals surface area contributed by atoms with Gasteiger partial charge in [-0.3, -0.25) is 4.79 Å². The number of nitrogens with one attached hydrogen (secondary N) is 1. The summed E-state index contributed by atoms with van der Waals surface area (Å²) in [5.74, 6) is -0.213. The van der Waals surface area contributed by atoms with Gasteiger partial charge < -0.3 is 10.1 Å². The number of halogens is 1. The number of aromatic nitrogens is 1. The Balaban J connectivity index is 2.02. The van der Waals surface area contributed by atoms with Gasteiger partial charge in [-0.25, -0.2) is 4.98 Å². The number of thiazole rings is 1. The van der Waals surface area contributed by atoms with Crippen LogP contribution in [0.4, 0.5) is 10.8 Å². The Morgan fingerprint density at radius 1 is 1.50 bits per heavy atom. The number of hydrogen-bond acceptors (Lipinski definition) is 5. The van der Waals surface area contributed by atoms with Crippen LogP contribution in [0, 0.1) is 6.92 Å². The van der Waals surface area contributed by atoms with E-state index < -0.39 is 0 Å². The van der Waals surface area contributed by atoms with Crippen LogP contribution in [0.2, 0.25) is 0 Å². The van der Waals surface area contributed by atoms with Crippen molar-refractivity contribution in [3.8, 4) is 0 Å². The van der Waals surface area contributed by atoms with Crippen molar-refractivity contribution in [3.05, 3.63) is 39.3 Å². The number of methoxy groups -OCH3 is 1. The predicted molar refractivity (Wildman–Crippen MR) is 84.6 cm³/mol. The lowest BCUT2D eigenvalue weighted by Gasteiger charge is -2.06. The van der Waals surface area contributed by atoms with E-state index in [2.05, 4.69) is 31.0 Å². The lowest BCUT2D eigenvalue weighted by Crippen LogP contribution is -2.02. The molecule has 0 spiro atoms. The summed E-state index contributed by atoms with van der Waals surface area (Å²) in [6, 6.07) is 6.06. The van der Waals surface area contributed by atoms with Crippen molar-refractivity contribution in [2.24, 2.45) is 0 Å². The van der Waals surface area contributed by atoms with E-state index in [1.54, 1.807) is 0 Å². The molecule has 0 unspecified atom stereocenters. The highest BCUT2D eigenvalue weighted by atomic mass is 79.9. The molecule has 2 rings (SSSR count). The van der Waals surface area contributed by atoms with E-state index in [1.807, 2.05) is 30.5 Å². The molecule has 0 aliphatic rings. The number of rotatable bonds is 5. The third-order valence-corrected chi connectivity index (χ3v) is 4.11. The largest absolute Gasteiger partial charge is 0.469 e. The molecule has 6 heteroatoms. The zero-order chi connectivity index (χ0) is 14.5. The molecule has 0 saturated heterocycles. The first kappa shape index (κ1) is 15.0. The summed E-state index contributed by atoms with van der Waals surface area (Å²) in [6.07, 6.45) is 0.956. The molecular formula is C14H15BrN2O2S. The molecule has 0 bridgehead atoms. The van der Waals surface area contributed by atoms with E-state index in [0.29, 0.717) is 12.8 Å². The zero-order valence-corrected chi connectivity index (χ0v) is 13.7. The second kappa shape index (κ2) is 6.85. The van der Waals surface area contributed by atoms with Crippen LogP contribution in [-0.2, 0) is 16.0 Å². The summed E-state index contributed by atoms with van der Waals surface area (Å²) in [5.41, 5.74) is 3.07. The number of hydrogen-bond donors (Lipinski definition) is 1. The molecule has 106 valence electrons. The van der Waals surface area contributed by atoms with E-state index in [9.17, 15) is 4.79 Å². The number of ether oxygens (including phenoxy) is 1. The zero-order valence-electron chi connectivity index (χ0n) is 11.3. The molecule has 0 fully saturated rings. The van der Waals surface area contributed by atoms with Gasteiger partial charge >= 0.3 is 5.97 Å². The number of carbonyl (C=O) groups excluding carboxylic acids is 1. The average molecular weight is 355 g/mol. The second-order valence-electron chi connectivity index (χ2n) is 4.30. The Hall–Kier alpha value is -1.40. The normalized spacial score (nSPS) is 10.3. The van der Waals surface area contributed by atoms with Crippen molar-refractivity contribution < 1.29 is 9.53 Å². The van der Waals surface area contributed by atoms with Gasteiger partial charge in [0.25, 0.3) is 0 Å². The lowest BCUT2D eigenvalue weighted by atomic mass is 10.2. The molecule has 1 N–H and O–H groups in total. The maximum absolute atomic E-state index is 11.1. The number of esters is 1. The molecule has 2 aromatic rings. The summed E-state index contributed by atoms with van der Waals surface area (Å²) >= 11 is 4.98. The molecule has 0 aliphatic heterocycles. The van der Waals surface area contributed by atoms with Crippen molar-refractivity contribution in [2.45, 2.75) is 19.8 Å². The van der Waals surface area contributed by atoms with E-state index in [4.69, 9.17) is 0 Å². The Morgan fingerprint density at radius 2 is 2.30 bits per heavy atom. The summed E-state index contributed by atoms with van der Waals surface area (Å²) < 4.78 is 5.64. The quantitative estimate of drug-likeness (QED) is 0.822. The third-order valence-electron chi connectivity index (χ3n) is 2.81.